The molecule has 2 aromatic carbocycles. The van der Waals surface area contributed by atoms with Gasteiger partial charge in [-0.25, -0.2) is 8.78 Å². The highest BCUT2D eigenvalue weighted by Gasteiger charge is 2.15. The van der Waals surface area contributed by atoms with Crippen LogP contribution in [0.4, 0.5) is 8.78 Å². The van der Waals surface area contributed by atoms with Gasteiger partial charge in [-0.05, 0) is 35.9 Å². The summed E-state index contributed by atoms with van der Waals surface area (Å²) in [4.78, 5) is 25.7. The fourth-order valence-electron chi connectivity index (χ4n) is 2.37. The first-order valence-electron chi connectivity index (χ1n) is 8.03. The number of amides is 2. The van der Waals surface area contributed by atoms with Crippen molar-refractivity contribution in [3.8, 4) is 11.5 Å². The largest absolute Gasteiger partial charge is 0.493 e. The first-order valence-corrected chi connectivity index (χ1v) is 8.03. The summed E-state index contributed by atoms with van der Waals surface area (Å²) in [5.74, 6) is -1.88. The molecule has 0 atom stereocenters. The van der Waals surface area contributed by atoms with Crippen LogP contribution in [0.25, 0.3) is 0 Å². The van der Waals surface area contributed by atoms with Gasteiger partial charge < -0.3 is 19.7 Å². The number of nitrogens with one attached hydrogen (secondary N) is 1. The fourth-order valence-corrected chi connectivity index (χ4v) is 2.37. The van der Waals surface area contributed by atoms with E-state index in [1.807, 2.05) is 0 Å². The van der Waals surface area contributed by atoms with Gasteiger partial charge in [0, 0.05) is 19.2 Å². The van der Waals surface area contributed by atoms with E-state index in [0.717, 1.165) is 12.1 Å². The van der Waals surface area contributed by atoms with Crippen molar-refractivity contribution >= 4 is 11.8 Å². The Bertz CT molecular complexity index is 842. The van der Waals surface area contributed by atoms with Crippen LogP contribution in [0.3, 0.4) is 0 Å². The van der Waals surface area contributed by atoms with Crippen molar-refractivity contribution in [2.24, 2.45) is 0 Å². The predicted molar refractivity (Wildman–Crippen MR) is 94.7 cm³/mol. The maximum atomic E-state index is 13.2. The van der Waals surface area contributed by atoms with Crippen LogP contribution in [-0.2, 0) is 11.3 Å². The molecule has 6 nitrogen and oxygen atoms in total. The maximum absolute atomic E-state index is 13.2. The Balaban J connectivity index is 1.93. The molecule has 27 heavy (non-hydrogen) atoms. The van der Waals surface area contributed by atoms with Crippen molar-refractivity contribution in [2.45, 2.75) is 6.54 Å². The molecular weight excluding hydrogens is 358 g/mol. The van der Waals surface area contributed by atoms with Crippen LogP contribution in [0.2, 0.25) is 0 Å². The summed E-state index contributed by atoms with van der Waals surface area (Å²) < 4.78 is 36.4. The maximum Gasteiger partial charge on any atom is 0.251 e. The third kappa shape index (κ3) is 5.16. The van der Waals surface area contributed by atoms with Crippen LogP contribution in [0.15, 0.2) is 36.4 Å². The highest BCUT2D eigenvalue weighted by Crippen LogP contribution is 2.27. The van der Waals surface area contributed by atoms with Gasteiger partial charge in [0.15, 0.2) is 23.1 Å². The van der Waals surface area contributed by atoms with E-state index in [4.69, 9.17) is 9.47 Å². The predicted octanol–water partition coefficient (Wildman–Crippen LogP) is 2.37. The zero-order valence-electron chi connectivity index (χ0n) is 15.2. The Kier molecular flexibility index (Phi) is 6.70. The van der Waals surface area contributed by atoms with E-state index in [-0.39, 0.29) is 19.0 Å². The molecule has 2 rings (SSSR count). The Morgan fingerprint density at radius 2 is 1.70 bits per heavy atom. The summed E-state index contributed by atoms with van der Waals surface area (Å²) in [5, 5.41) is 2.51. The van der Waals surface area contributed by atoms with E-state index < -0.39 is 17.5 Å². The Hall–Kier alpha value is -3.16. The molecule has 1 N–H and O–H groups in total. The van der Waals surface area contributed by atoms with E-state index >= 15 is 0 Å². The molecule has 0 aliphatic rings. The monoisotopic (exact) mass is 378 g/mol. The van der Waals surface area contributed by atoms with Crippen LogP contribution in [0.5, 0.6) is 11.5 Å². The van der Waals surface area contributed by atoms with E-state index in [9.17, 15) is 18.4 Å². The van der Waals surface area contributed by atoms with Crippen molar-refractivity contribution < 1.29 is 27.8 Å². The first-order chi connectivity index (χ1) is 12.8. The van der Waals surface area contributed by atoms with Gasteiger partial charge in [-0.3, -0.25) is 9.59 Å². The summed E-state index contributed by atoms with van der Waals surface area (Å²) in [6.07, 6.45) is 0. The summed E-state index contributed by atoms with van der Waals surface area (Å²) in [5.41, 5.74) is 0.750. The van der Waals surface area contributed by atoms with Gasteiger partial charge in [-0.1, -0.05) is 6.07 Å². The zero-order valence-corrected chi connectivity index (χ0v) is 15.2. The first kappa shape index (κ1) is 20.2. The molecular formula is C19H20F2N2O4. The molecule has 0 radical (unpaired) electrons. The van der Waals surface area contributed by atoms with Crippen LogP contribution >= 0.6 is 0 Å². The lowest BCUT2D eigenvalue weighted by atomic mass is 10.2. The number of methoxy groups -OCH3 is 2. The molecule has 144 valence electrons. The van der Waals surface area contributed by atoms with Gasteiger partial charge in [0.05, 0.1) is 20.8 Å². The summed E-state index contributed by atoms with van der Waals surface area (Å²) in [7, 11) is 4.45. The molecule has 0 unspecified atom stereocenters. The minimum atomic E-state index is -0.977. The average molecular weight is 378 g/mol. The Morgan fingerprint density at radius 3 is 2.33 bits per heavy atom. The normalized spacial score (nSPS) is 10.3. The quantitative estimate of drug-likeness (QED) is 0.803. The van der Waals surface area contributed by atoms with E-state index in [1.54, 1.807) is 12.1 Å². The number of ether oxygens (including phenoxy) is 2. The average Bonchev–Trinajstić information content (AvgIpc) is 2.67. The van der Waals surface area contributed by atoms with E-state index in [1.165, 1.54) is 38.3 Å². The number of rotatable bonds is 7. The highest BCUT2D eigenvalue weighted by molar-refractivity contribution is 5.97. The van der Waals surface area contributed by atoms with Crippen molar-refractivity contribution in [3.05, 3.63) is 59.2 Å². The molecule has 8 heteroatoms. The molecule has 0 saturated carbocycles. The second-order valence-corrected chi connectivity index (χ2v) is 5.75. The van der Waals surface area contributed by atoms with Crippen LogP contribution in [0.1, 0.15) is 15.9 Å². The van der Waals surface area contributed by atoms with Crippen LogP contribution in [-0.4, -0.2) is 44.5 Å². The second kappa shape index (κ2) is 8.98. The summed E-state index contributed by atoms with van der Waals surface area (Å²) >= 11 is 0. The second-order valence-electron chi connectivity index (χ2n) is 5.75. The van der Waals surface area contributed by atoms with Gasteiger partial charge in [0.2, 0.25) is 5.91 Å². The lowest BCUT2D eigenvalue weighted by Gasteiger charge is -2.18. The zero-order chi connectivity index (χ0) is 20.0. The van der Waals surface area contributed by atoms with Crippen molar-refractivity contribution in [3.63, 3.8) is 0 Å². The van der Waals surface area contributed by atoms with Gasteiger partial charge >= 0.3 is 0 Å². The van der Waals surface area contributed by atoms with Crippen LogP contribution < -0.4 is 14.8 Å². The molecule has 0 saturated heterocycles. The number of benzene rings is 2. The number of hydrogen-bond donors (Lipinski definition) is 1. The van der Waals surface area contributed by atoms with Crippen LogP contribution in [0, 0.1) is 11.6 Å². The van der Waals surface area contributed by atoms with Crippen molar-refractivity contribution in [2.75, 3.05) is 27.8 Å². The number of nitrogens with zero attached hydrogens (tertiary/aromatic N) is 1. The van der Waals surface area contributed by atoms with Crippen molar-refractivity contribution in [1.29, 1.82) is 0 Å². The SMILES string of the molecule is COc1ccc(C(=O)NCC(=O)N(C)Cc2ccc(F)c(F)c2)cc1OC. The molecule has 2 amide bonds. The molecule has 0 bridgehead atoms. The van der Waals surface area contributed by atoms with E-state index in [2.05, 4.69) is 5.32 Å². The standard InChI is InChI=1S/C19H20F2N2O4/c1-23(11-12-4-6-14(20)15(21)8-12)18(24)10-22-19(25)13-5-7-16(26-2)17(9-13)27-3/h4-9H,10-11H2,1-3H3,(H,22,25). The minimum Gasteiger partial charge on any atom is -0.493 e. The lowest BCUT2D eigenvalue weighted by molar-refractivity contribution is -0.129. The number of likely N-dealkylation sites (N-methyl/N-ethyl adjacent to an activating group) is 1. The van der Waals surface area contributed by atoms with Crippen molar-refractivity contribution in [1.82, 2.24) is 10.2 Å². The number of carbonyl (C=O) groups excluding carboxylic acids is 2. The topological polar surface area (TPSA) is 67.9 Å². The van der Waals surface area contributed by atoms with Gasteiger partial charge in [-0.15, -0.1) is 0 Å². The molecule has 0 fully saturated rings. The number of carbonyl (C=O) groups is 2. The van der Waals surface area contributed by atoms with Gasteiger partial charge in [0.1, 0.15) is 0 Å². The third-order valence-electron chi connectivity index (χ3n) is 3.88. The Morgan fingerprint density at radius 1 is 1.00 bits per heavy atom. The molecule has 0 aliphatic carbocycles. The third-order valence-corrected chi connectivity index (χ3v) is 3.88. The summed E-state index contributed by atoms with van der Waals surface area (Å²) in [6, 6.07) is 8.06. The molecule has 0 aliphatic heterocycles. The molecule has 0 heterocycles. The number of halogens is 2. The van der Waals surface area contributed by atoms with Gasteiger partial charge in [0.25, 0.3) is 5.91 Å². The molecule has 0 aromatic heterocycles. The Labute approximate surface area is 155 Å². The highest BCUT2D eigenvalue weighted by atomic mass is 19.2. The molecule has 2 aromatic rings. The lowest BCUT2D eigenvalue weighted by Crippen LogP contribution is -2.37. The smallest absolute Gasteiger partial charge is 0.251 e. The molecule has 0 spiro atoms. The minimum absolute atomic E-state index is 0.0856. The fraction of sp³-hybridized carbons (Fsp3) is 0.263. The number of hydrogen-bond acceptors (Lipinski definition) is 4. The van der Waals surface area contributed by atoms with E-state index in [0.29, 0.717) is 22.6 Å². The summed E-state index contributed by atoms with van der Waals surface area (Å²) in [6.45, 7) is -0.157. The van der Waals surface area contributed by atoms with Gasteiger partial charge in [-0.2, -0.15) is 0 Å².